The first-order valence-electron chi connectivity index (χ1n) is 10.7. The van der Waals surface area contributed by atoms with Crippen LogP contribution >= 0.6 is 0 Å². The second-order valence-electron chi connectivity index (χ2n) is 8.17. The van der Waals surface area contributed by atoms with Gasteiger partial charge in [0.05, 0.1) is 5.56 Å². The molecule has 4 aromatic rings. The molecular weight excluding hydrogens is 409 g/mol. The van der Waals surface area contributed by atoms with Gasteiger partial charge in [0.1, 0.15) is 0 Å². The van der Waals surface area contributed by atoms with Crippen LogP contribution in [0.1, 0.15) is 45.8 Å². The third-order valence-electron chi connectivity index (χ3n) is 6.24. The maximum absolute atomic E-state index is 13.2. The van der Waals surface area contributed by atoms with Crippen molar-refractivity contribution in [1.29, 1.82) is 0 Å². The Morgan fingerprint density at radius 3 is 2.59 bits per heavy atom. The second kappa shape index (κ2) is 7.90. The lowest BCUT2D eigenvalue weighted by molar-refractivity contribution is -0.137. The molecule has 0 saturated heterocycles. The molecule has 0 spiro atoms. The normalized spacial score (nSPS) is 14.5. The van der Waals surface area contributed by atoms with Crippen LogP contribution in [-0.2, 0) is 19.1 Å². The van der Waals surface area contributed by atoms with Gasteiger partial charge in [-0.3, -0.25) is 0 Å². The predicted molar refractivity (Wildman–Crippen MR) is 123 cm³/mol. The van der Waals surface area contributed by atoms with Crippen molar-refractivity contribution in [3.05, 3.63) is 113 Å². The fourth-order valence-electron chi connectivity index (χ4n) is 4.78. The number of aromatic amines is 1. The van der Waals surface area contributed by atoms with E-state index in [0.717, 1.165) is 46.0 Å². The summed E-state index contributed by atoms with van der Waals surface area (Å²) in [6, 6.07) is 13.6. The minimum absolute atomic E-state index is 0.198. The van der Waals surface area contributed by atoms with Crippen molar-refractivity contribution >= 4 is 17.0 Å². The van der Waals surface area contributed by atoms with Crippen molar-refractivity contribution in [2.45, 2.75) is 31.5 Å². The fourth-order valence-corrected chi connectivity index (χ4v) is 4.78. The third-order valence-corrected chi connectivity index (χ3v) is 6.24. The zero-order valence-electron chi connectivity index (χ0n) is 17.5. The Bertz CT molecular complexity index is 1300. The second-order valence-corrected chi connectivity index (χ2v) is 8.17. The van der Waals surface area contributed by atoms with Crippen molar-refractivity contribution in [2.75, 3.05) is 0 Å². The van der Waals surface area contributed by atoms with Gasteiger partial charge in [-0.05, 0) is 53.3 Å². The van der Waals surface area contributed by atoms with Crippen molar-refractivity contribution in [2.24, 2.45) is 0 Å². The van der Waals surface area contributed by atoms with Gasteiger partial charge in [0.2, 0.25) is 0 Å². The van der Waals surface area contributed by atoms with E-state index >= 15 is 0 Å². The number of nitrogens with zero attached hydrogens (tertiary/aromatic N) is 1. The maximum atomic E-state index is 13.2. The molecule has 162 valence electrons. The van der Waals surface area contributed by atoms with Crippen molar-refractivity contribution < 1.29 is 13.2 Å². The van der Waals surface area contributed by atoms with E-state index in [0.29, 0.717) is 6.54 Å². The number of allylic oxidation sites excluding steroid dienone is 2. The van der Waals surface area contributed by atoms with Crippen LogP contribution in [0.25, 0.3) is 17.0 Å². The van der Waals surface area contributed by atoms with Gasteiger partial charge in [0.25, 0.3) is 0 Å². The quantitative estimate of drug-likeness (QED) is 0.319. The van der Waals surface area contributed by atoms with Crippen molar-refractivity contribution in [3.8, 4) is 0 Å². The Hall–Kier alpha value is -3.47. The molecular formula is C27H23F3N2. The summed E-state index contributed by atoms with van der Waals surface area (Å²) in [5.74, 6) is -0.198. The maximum Gasteiger partial charge on any atom is 0.416 e. The number of hydrogen-bond donors (Lipinski definition) is 1. The SMILES string of the molecule is C=CCn1cc(C(c2ccc(C(F)(F)F)cc2)c2c[nH]c3ccccc23)c2c1CCC=C2. The standard InChI is InChI=1S/C27H23F3N2/c1-2-15-32-17-23(21-8-4-6-10-25(21)32)26(18-11-13-19(14-12-18)27(28,29)30)22-16-31-24-9-5-3-7-20(22)24/h2-5,7-9,11-14,16-17,26,31H,1,6,10,15H2. The molecule has 1 aliphatic rings. The Balaban J connectivity index is 1.73. The zero-order valence-corrected chi connectivity index (χ0v) is 17.5. The number of aromatic nitrogens is 2. The fraction of sp³-hybridized carbons (Fsp3) is 0.185. The number of rotatable bonds is 5. The Kier molecular flexibility index (Phi) is 5.04. The van der Waals surface area contributed by atoms with Crippen LogP contribution in [0.5, 0.6) is 0 Å². The summed E-state index contributed by atoms with van der Waals surface area (Å²) in [5, 5.41) is 1.07. The number of benzene rings is 2. The summed E-state index contributed by atoms with van der Waals surface area (Å²) in [4.78, 5) is 3.33. The molecule has 1 aliphatic carbocycles. The average Bonchev–Trinajstić information content (AvgIpc) is 3.37. The average molecular weight is 432 g/mol. The summed E-state index contributed by atoms with van der Waals surface area (Å²) in [7, 11) is 0. The van der Waals surface area contributed by atoms with E-state index in [9.17, 15) is 13.2 Å². The van der Waals surface area contributed by atoms with E-state index in [-0.39, 0.29) is 5.92 Å². The lowest BCUT2D eigenvalue weighted by Crippen LogP contribution is -2.07. The summed E-state index contributed by atoms with van der Waals surface area (Å²) >= 11 is 0. The number of halogens is 3. The van der Waals surface area contributed by atoms with Crippen LogP contribution in [-0.4, -0.2) is 9.55 Å². The summed E-state index contributed by atoms with van der Waals surface area (Å²) in [5.41, 5.74) is 5.77. The summed E-state index contributed by atoms with van der Waals surface area (Å²) in [6.45, 7) is 4.59. The third kappa shape index (κ3) is 3.48. The smallest absolute Gasteiger partial charge is 0.361 e. The lowest BCUT2D eigenvalue weighted by atomic mass is 9.83. The Morgan fingerprint density at radius 1 is 1.06 bits per heavy atom. The van der Waals surface area contributed by atoms with Gasteiger partial charge in [-0.1, -0.05) is 48.6 Å². The minimum Gasteiger partial charge on any atom is -0.361 e. The highest BCUT2D eigenvalue weighted by molar-refractivity contribution is 5.85. The Morgan fingerprint density at radius 2 is 1.84 bits per heavy atom. The number of fused-ring (bicyclic) bond motifs is 2. The number of H-pyrrole nitrogens is 1. The lowest BCUT2D eigenvalue weighted by Gasteiger charge is -2.20. The molecule has 0 radical (unpaired) electrons. The van der Waals surface area contributed by atoms with Crippen LogP contribution in [0.2, 0.25) is 0 Å². The molecule has 0 bridgehead atoms. The molecule has 32 heavy (non-hydrogen) atoms. The molecule has 0 fully saturated rings. The molecule has 2 aromatic carbocycles. The van der Waals surface area contributed by atoms with Gasteiger partial charge in [-0.15, -0.1) is 6.58 Å². The van der Waals surface area contributed by atoms with Gasteiger partial charge in [-0.25, -0.2) is 0 Å². The van der Waals surface area contributed by atoms with Gasteiger partial charge in [0.15, 0.2) is 0 Å². The molecule has 0 aliphatic heterocycles. The van der Waals surface area contributed by atoms with Crippen LogP contribution in [0, 0.1) is 0 Å². The highest BCUT2D eigenvalue weighted by atomic mass is 19.4. The molecule has 0 saturated carbocycles. The monoisotopic (exact) mass is 432 g/mol. The molecule has 1 unspecified atom stereocenters. The zero-order chi connectivity index (χ0) is 22.3. The van der Waals surface area contributed by atoms with E-state index in [4.69, 9.17) is 0 Å². The number of para-hydroxylation sites is 1. The van der Waals surface area contributed by atoms with Crippen LogP contribution in [0.3, 0.4) is 0 Å². The van der Waals surface area contributed by atoms with E-state index in [1.165, 1.54) is 17.8 Å². The van der Waals surface area contributed by atoms with Gasteiger partial charge >= 0.3 is 6.18 Å². The van der Waals surface area contributed by atoms with E-state index in [1.807, 2.05) is 30.5 Å². The molecule has 2 heterocycles. The van der Waals surface area contributed by atoms with Crippen molar-refractivity contribution in [3.63, 3.8) is 0 Å². The molecule has 0 amide bonds. The summed E-state index contributed by atoms with van der Waals surface area (Å²) < 4.78 is 41.9. The number of hydrogen-bond acceptors (Lipinski definition) is 0. The first-order chi connectivity index (χ1) is 15.5. The van der Waals surface area contributed by atoms with E-state index < -0.39 is 11.7 Å². The van der Waals surface area contributed by atoms with E-state index in [2.05, 4.69) is 40.5 Å². The molecule has 5 rings (SSSR count). The van der Waals surface area contributed by atoms with Crippen LogP contribution < -0.4 is 0 Å². The predicted octanol–water partition coefficient (Wildman–Crippen LogP) is 7.31. The largest absolute Gasteiger partial charge is 0.416 e. The highest BCUT2D eigenvalue weighted by Gasteiger charge is 2.31. The van der Waals surface area contributed by atoms with Gasteiger partial charge in [-0.2, -0.15) is 13.2 Å². The molecule has 1 N–H and O–H groups in total. The molecule has 2 nitrogen and oxygen atoms in total. The molecule has 2 aromatic heterocycles. The highest BCUT2D eigenvalue weighted by Crippen LogP contribution is 2.41. The minimum atomic E-state index is -4.36. The topological polar surface area (TPSA) is 20.7 Å². The van der Waals surface area contributed by atoms with Crippen LogP contribution in [0.4, 0.5) is 13.2 Å². The molecule has 1 atom stereocenters. The Labute approximate surface area is 184 Å². The number of alkyl halides is 3. The first-order valence-corrected chi connectivity index (χ1v) is 10.7. The summed E-state index contributed by atoms with van der Waals surface area (Å²) in [6.07, 6.45) is 7.88. The van der Waals surface area contributed by atoms with E-state index in [1.54, 1.807) is 12.1 Å². The first kappa shape index (κ1) is 20.4. The molecule has 5 heteroatoms. The van der Waals surface area contributed by atoms with Gasteiger partial charge < -0.3 is 9.55 Å². The van der Waals surface area contributed by atoms with Crippen LogP contribution in [0.15, 0.2) is 79.7 Å². The number of nitrogens with one attached hydrogen (secondary N) is 1. The van der Waals surface area contributed by atoms with Gasteiger partial charge in [0, 0.05) is 41.5 Å². The van der Waals surface area contributed by atoms with Crippen molar-refractivity contribution in [1.82, 2.24) is 9.55 Å².